The molecule has 0 saturated heterocycles. The van der Waals surface area contributed by atoms with E-state index < -0.39 is 0 Å². The second-order valence-corrected chi connectivity index (χ2v) is 4.20. The first kappa shape index (κ1) is 11.2. The third-order valence-corrected chi connectivity index (χ3v) is 3.18. The van der Waals surface area contributed by atoms with E-state index in [9.17, 15) is 4.39 Å². The zero-order chi connectivity index (χ0) is 11.7. The van der Waals surface area contributed by atoms with Crippen LogP contribution in [0.3, 0.4) is 0 Å². The normalized spacial score (nSPS) is 23.9. The first-order chi connectivity index (χ1) is 7.63. The van der Waals surface area contributed by atoms with Crippen LogP contribution in [-0.4, -0.2) is 25.7 Å². The molecule has 1 aliphatic heterocycles. The van der Waals surface area contributed by atoms with Gasteiger partial charge in [-0.2, -0.15) is 0 Å². The van der Waals surface area contributed by atoms with Gasteiger partial charge in [-0.25, -0.2) is 4.39 Å². The number of anilines is 1. The molecule has 2 unspecified atom stereocenters. The molecule has 0 aromatic heterocycles. The summed E-state index contributed by atoms with van der Waals surface area (Å²) < 4.78 is 19.0. The number of fused-ring (bicyclic) bond motifs is 1. The molecule has 0 saturated carbocycles. The van der Waals surface area contributed by atoms with E-state index in [1.54, 1.807) is 6.07 Å². The Balaban J connectivity index is 2.32. The summed E-state index contributed by atoms with van der Waals surface area (Å²) in [6.07, 6.45) is 0.885. The van der Waals surface area contributed by atoms with Crippen LogP contribution in [0.4, 0.5) is 10.1 Å². The summed E-state index contributed by atoms with van der Waals surface area (Å²) in [7, 11) is 1.95. The van der Waals surface area contributed by atoms with Crippen LogP contribution in [0.25, 0.3) is 0 Å². The van der Waals surface area contributed by atoms with Crippen molar-refractivity contribution >= 4 is 5.69 Å². The van der Waals surface area contributed by atoms with Gasteiger partial charge in [-0.05, 0) is 32.0 Å². The molecule has 0 radical (unpaired) electrons. The van der Waals surface area contributed by atoms with Gasteiger partial charge in [0, 0.05) is 13.1 Å². The average Bonchev–Trinajstić information content (AvgIpc) is 2.27. The van der Waals surface area contributed by atoms with Crippen molar-refractivity contribution < 1.29 is 9.13 Å². The Morgan fingerprint density at radius 3 is 2.94 bits per heavy atom. The number of hydrogen-bond donors (Lipinski definition) is 1. The summed E-state index contributed by atoms with van der Waals surface area (Å²) in [4.78, 5) is 2.04. The second-order valence-electron chi connectivity index (χ2n) is 4.20. The van der Waals surface area contributed by atoms with Crippen molar-refractivity contribution in [3.8, 4) is 5.75 Å². The zero-order valence-electron chi connectivity index (χ0n) is 9.61. The topological polar surface area (TPSA) is 38.5 Å². The van der Waals surface area contributed by atoms with Crippen molar-refractivity contribution in [2.75, 3.05) is 18.5 Å². The highest BCUT2D eigenvalue weighted by Gasteiger charge is 2.30. The summed E-state index contributed by atoms with van der Waals surface area (Å²) in [6, 6.07) is 4.81. The van der Waals surface area contributed by atoms with Gasteiger partial charge in [0.05, 0.1) is 11.7 Å². The Morgan fingerprint density at radius 1 is 1.50 bits per heavy atom. The molecule has 1 heterocycles. The van der Waals surface area contributed by atoms with Crippen molar-refractivity contribution in [2.45, 2.75) is 25.5 Å². The highest BCUT2D eigenvalue weighted by molar-refractivity contribution is 5.60. The third kappa shape index (κ3) is 1.85. The van der Waals surface area contributed by atoms with Gasteiger partial charge in [-0.3, -0.25) is 0 Å². The summed E-state index contributed by atoms with van der Waals surface area (Å²) in [5, 5.41) is 0. The van der Waals surface area contributed by atoms with E-state index in [4.69, 9.17) is 10.5 Å². The van der Waals surface area contributed by atoms with Crippen LogP contribution in [0.2, 0.25) is 0 Å². The number of halogens is 1. The SMILES string of the molecule is CC1C(CCN)Oc2ccc(F)cc2N1C. The van der Waals surface area contributed by atoms with E-state index in [0.717, 1.165) is 17.9 Å². The lowest BCUT2D eigenvalue weighted by molar-refractivity contribution is 0.153. The fraction of sp³-hybridized carbons (Fsp3) is 0.500. The third-order valence-electron chi connectivity index (χ3n) is 3.18. The Hall–Kier alpha value is -1.29. The first-order valence-electron chi connectivity index (χ1n) is 5.52. The number of hydrogen-bond acceptors (Lipinski definition) is 3. The molecule has 0 fully saturated rings. The Morgan fingerprint density at radius 2 is 2.25 bits per heavy atom. The summed E-state index contributed by atoms with van der Waals surface area (Å²) in [6.45, 7) is 2.66. The van der Waals surface area contributed by atoms with E-state index in [-0.39, 0.29) is 18.0 Å². The summed E-state index contributed by atoms with van der Waals surface area (Å²) in [5.41, 5.74) is 6.36. The lowest BCUT2D eigenvalue weighted by Crippen LogP contribution is -2.46. The predicted octanol–water partition coefficient (Wildman–Crippen LogP) is 1.76. The first-order valence-corrected chi connectivity index (χ1v) is 5.52. The van der Waals surface area contributed by atoms with Crippen LogP contribution in [0, 0.1) is 5.82 Å². The van der Waals surface area contributed by atoms with Gasteiger partial charge in [0.25, 0.3) is 0 Å². The molecule has 2 N–H and O–H groups in total. The fourth-order valence-electron chi connectivity index (χ4n) is 2.06. The molecular formula is C12H17FN2O. The Kier molecular flexibility index (Phi) is 3.01. The molecule has 2 rings (SSSR count). The van der Waals surface area contributed by atoms with E-state index in [2.05, 4.69) is 6.92 Å². The van der Waals surface area contributed by atoms with Crippen LogP contribution >= 0.6 is 0 Å². The number of nitrogens with zero attached hydrogens (tertiary/aromatic N) is 1. The van der Waals surface area contributed by atoms with Crippen LogP contribution in [0.1, 0.15) is 13.3 Å². The molecule has 4 heteroatoms. The molecule has 1 aromatic carbocycles. The van der Waals surface area contributed by atoms with Crippen LogP contribution < -0.4 is 15.4 Å². The second kappa shape index (κ2) is 4.29. The van der Waals surface area contributed by atoms with Crippen LogP contribution in [-0.2, 0) is 0 Å². The number of benzene rings is 1. The molecule has 2 atom stereocenters. The van der Waals surface area contributed by atoms with Crippen molar-refractivity contribution in [3.63, 3.8) is 0 Å². The van der Waals surface area contributed by atoms with E-state index >= 15 is 0 Å². The average molecular weight is 224 g/mol. The molecule has 0 bridgehead atoms. The van der Waals surface area contributed by atoms with Gasteiger partial charge >= 0.3 is 0 Å². The van der Waals surface area contributed by atoms with Crippen molar-refractivity contribution in [1.29, 1.82) is 0 Å². The maximum atomic E-state index is 13.1. The van der Waals surface area contributed by atoms with Gasteiger partial charge in [0.15, 0.2) is 0 Å². The molecule has 1 aromatic rings. The van der Waals surface area contributed by atoms with Gasteiger partial charge in [-0.15, -0.1) is 0 Å². The summed E-state index contributed by atoms with van der Waals surface area (Å²) in [5.74, 6) is 0.499. The Bertz CT molecular complexity index is 383. The lowest BCUT2D eigenvalue weighted by atomic mass is 10.0. The minimum absolute atomic E-state index is 0.0768. The van der Waals surface area contributed by atoms with Gasteiger partial charge in [0.2, 0.25) is 0 Å². The van der Waals surface area contributed by atoms with Gasteiger partial charge in [-0.1, -0.05) is 0 Å². The quantitative estimate of drug-likeness (QED) is 0.832. The van der Waals surface area contributed by atoms with Crippen molar-refractivity contribution in [3.05, 3.63) is 24.0 Å². The minimum atomic E-state index is -0.237. The van der Waals surface area contributed by atoms with E-state index in [0.29, 0.717) is 6.54 Å². The molecule has 0 spiro atoms. The molecular weight excluding hydrogens is 207 g/mol. The molecule has 0 aliphatic carbocycles. The monoisotopic (exact) mass is 224 g/mol. The molecule has 3 nitrogen and oxygen atoms in total. The maximum Gasteiger partial charge on any atom is 0.143 e. The number of rotatable bonds is 2. The number of likely N-dealkylation sites (N-methyl/N-ethyl adjacent to an activating group) is 1. The predicted molar refractivity (Wildman–Crippen MR) is 62.4 cm³/mol. The summed E-state index contributed by atoms with van der Waals surface area (Å²) >= 11 is 0. The largest absolute Gasteiger partial charge is 0.486 e. The minimum Gasteiger partial charge on any atom is -0.486 e. The van der Waals surface area contributed by atoms with Crippen molar-refractivity contribution in [1.82, 2.24) is 0 Å². The van der Waals surface area contributed by atoms with E-state index in [1.165, 1.54) is 12.1 Å². The molecule has 1 aliphatic rings. The van der Waals surface area contributed by atoms with Crippen LogP contribution in [0.15, 0.2) is 18.2 Å². The van der Waals surface area contributed by atoms with Crippen LogP contribution in [0.5, 0.6) is 5.75 Å². The maximum absolute atomic E-state index is 13.1. The zero-order valence-corrected chi connectivity index (χ0v) is 9.61. The fourth-order valence-corrected chi connectivity index (χ4v) is 2.06. The van der Waals surface area contributed by atoms with E-state index in [1.807, 2.05) is 11.9 Å². The van der Waals surface area contributed by atoms with Gasteiger partial charge < -0.3 is 15.4 Å². The highest BCUT2D eigenvalue weighted by atomic mass is 19.1. The lowest BCUT2D eigenvalue weighted by Gasteiger charge is -2.39. The molecule has 88 valence electrons. The standard InChI is InChI=1S/C12H17FN2O/c1-8-11(5-6-14)16-12-4-3-9(13)7-10(12)15(8)2/h3-4,7-8,11H,5-6,14H2,1-2H3. The highest BCUT2D eigenvalue weighted by Crippen LogP contribution is 2.36. The smallest absolute Gasteiger partial charge is 0.143 e. The number of nitrogens with two attached hydrogens (primary N) is 1. The molecule has 16 heavy (non-hydrogen) atoms. The molecule has 0 amide bonds. The van der Waals surface area contributed by atoms with Crippen molar-refractivity contribution in [2.24, 2.45) is 5.73 Å². The Labute approximate surface area is 95.0 Å². The number of ether oxygens (including phenoxy) is 1. The van der Waals surface area contributed by atoms with Gasteiger partial charge in [0.1, 0.15) is 17.7 Å².